The standard InChI is InChI=1S/C66H110O6/c1-4-7-10-13-16-19-22-25-26-27-28-29-30-31-32-33-34-35-36-37-38-39-40-42-44-47-50-53-56-59-65(68)71-62-63(61-70-64(67)58-55-52-49-46-43-24-21-18-15-12-9-6-3)72-66(69)60-57-54-51-48-45-41-23-20-17-14-11-8-5-2/h7-8,10-11,16-21,25-26,28-29,31-32,41,45,63H,4-6,9,12-15,22-24,27,30,33-40,42-44,46-62H2,1-3H3/b10-7-,11-8-,19-16-,20-17-,21-18-,26-25-,29-28-,32-31-,45-41-. The van der Waals surface area contributed by atoms with Crippen LogP contribution in [0.3, 0.4) is 0 Å². The van der Waals surface area contributed by atoms with E-state index in [1.54, 1.807) is 0 Å². The first-order valence-electron chi connectivity index (χ1n) is 29.9. The van der Waals surface area contributed by atoms with Gasteiger partial charge in [0.1, 0.15) is 13.2 Å². The second kappa shape index (κ2) is 59.6. The first-order valence-corrected chi connectivity index (χ1v) is 29.9. The molecule has 72 heavy (non-hydrogen) atoms. The summed E-state index contributed by atoms with van der Waals surface area (Å²) in [6.07, 6.45) is 81.0. The van der Waals surface area contributed by atoms with E-state index >= 15 is 0 Å². The van der Waals surface area contributed by atoms with Gasteiger partial charge in [-0.15, -0.1) is 0 Å². The number of carbonyl (C=O) groups is 3. The first kappa shape index (κ1) is 68.1. The van der Waals surface area contributed by atoms with Gasteiger partial charge in [0, 0.05) is 19.3 Å². The van der Waals surface area contributed by atoms with Gasteiger partial charge < -0.3 is 14.2 Å². The van der Waals surface area contributed by atoms with Crippen LogP contribution in [0.2, 0.25) is 0 Å². The third-order valence-electron chi connectivity index (χ3n) is 12.5. The maximum absolute atomic E-state index is 12.8. The maximum atomic E-state index is 12.8. The SMILES string of the molecule is CC/C=C\C/C=C\C/C=C\C/C=C\C/C=C\CCCCCCCCCCCCCCCC(=O)OCC(COC(=O)CCCCCCC/C=C\CCCCC)OC(=O)CCCCC/C=C\C/C=C\C/C=C\CC. The third-order valence-corrected chi connectivity index (χ3v) is 12.5. The molecule has 410 valence electrons. The second-order valence-electron chi connectivity index (χ2n) is 19.5. The van der Waals surface area contributed by atoms with Crippen molar-refractivity contribution in [3.05, 3.63) is 109 Å². The van der Waals surface area contributed by atoms with Crippen LogP contribution in [0.15, 0.2) is 109 Å². The molecular weight excluding hydrogens is 889 g/mol. The zero-order chi connectivity index (χ0) is 52.2. The minimum atomic E-state index is -0.797. The summed E-state index contributed by atoms with van der Waals surface area (Å²) in [5.41, 5.74) is 0. The van der Waals surface area contributed by atoms with Crippen molar-refractivity contribution >= 4 is 17.9 Å². The molecule has 0 aromatic rings. The summed E-state index contributed by atoms with van der Waals surface area (Å²) in [5.74, 6) is -0.932. The van der Waals surface area contributed by atoms with Crippen molar-refractivity contribution in [1.29, 1.82) is 0 Å². The molecule has 0 rings (SSSR count). The summed E-state index contributed by atoms with van der Waals surface area (Å²) in [6.45, 7) is 6.36. The smallest absolute Gasteiger partial charge is 0.306 e. The molecule has 0 bridgehead atoms. The maximum Gasteiger partial charge on any atom is 0.306 e. The van der Waals surface area contributed by atoms with Crippen LogP contribution in [0.25, 0.3) is 0 Å². The Balaban J connectivity index is 4.23. The Morgan fingerprint density at radius 3 is 0.875 bits per heavy atom. The molecule has 1 atom stereocenters. The monoisotopic (exact) mass is 999 g/mol. The Morgan fingerprint density at radius 2 is 0.542 bits per heavy atom. The molecule has 0 spiro atoms. The lowest BCUT2D eigenvalue weighted by atomic mass is 10.0. The Bertz CT molecular complexity index is 1470. The first-order chi connectivity index (χ1) is 35.5. The molecule has 1 unspecified atom stereocenters. The summed E-state index contributed by atoms with van der Waals surface area (Å²) in [6, 6.07) is 0. The summed E-state index contributed by atoms with van der Waals surface area (Å²) in [4.78, 5) is 38.1. The highest BCUT2D eigenvalue weighted by atomic mass is 16.6. The molecule has 0 N–H and O–H groups in total. The van der Waals surface area contributed by atoms with Crippen LogP contribution in [0, 0.1) is 0 Å². The van der Waals surface area contributed by atoms with Crippen molar-refractivity contribution in [3.8, 4) is 0 Å². The highest BCUT2D eigenvalue weighted by Crippen LogP contribution is 2.15. The number of hydrogen-bond acceptors (Lipinski definition) is 6. The molecule has 0 heterocycles. The van der Waals surface area contributed by atoms with Crippen molar-refractivity contribution in [2.24, 2.45) is 0 Å². The fraction of sp³-hybridized carbons (Fsp3) is 0.682. The fourth-order valence-electron chi connectivity index (χ4n) is 8.07. The lowest BCUT2D eigenvalue weighted by Crippen LogP contribution is -2.30. The van der Waals surface area contributed by atoms with Gasteiger partial charge in [-0.3, -0.25) is 14.4 Å². The molecule has 0 aliphatic carbocycles. The predicted octanol–water partition coefficient (Wildman–Crippen LogP) is 20.3. The fourth-order valence-corrected chi connectivity index (χ4v) is 8.07. The Hall–Kier alpha value is -3.93. The van der Waals surface area contributed by atoms with E-state index in [9.17, 15) is 14.4 Å². The topological polar surface area (TPSA) is 78.9 Å². The molecule has 0 aromatic carbocycles. The molecule has 0 amide bonds. The van der Waals surface area contributed by atoms with Crippen molar-refractivity contribution in [1.82, 2.24) is 0 Å². The average molecular weight is 1000 g/mol. The Labute approximate surface area is 444 Å². The van der Waals surface area contributed by atoms with Crippen LogP contribution in [0.4, 0.5) is 0 Å². The zero-order valence-corrected chi connectivity index (χ0v) is 46.9. The molecule has 0 fully saturated rings. The highest BCUT2D eigenvalue weighted by Gasteiger charge is 2.19. The van der Waals surface area contributed by atoms with Gasteiger partial charge in [0.2, 0.25) is 0 Å². The molecule has 6 nitrogen and oxygen atoms in total. The van der Waals surface area contributed by atoms with E-state index in [4.69, 9.17) is 14.2 Å². The lowest BCUT2D eigenvalue weighted by molar-refractivity contribution is -0.167. The summed E-state index contributed by atoms with van der Waals surface area (Å²) < 4.78 is 16.8. The van der Waals surface area contributed by atoms with Crippen LogP contribution in [0.1, 0.15) is 271 Å². The molecule has 0 saturated carbocycles. The van der Waals surface area contributed by atoms with Crippen molar-refractivity contribution < 1.29 is 28.6 Å². The Morgan fingerprint density at radius 1 is 0.292 bits per heavy atom. The van der Waals surface area contributed by atoms with E-state index in [0.717, 1.165) is 122 Å². The van der Waals surface area contributed by atoms with Crippen molar-refractivity contribution in [3.63, 3.8) is 0 Å². The number of allylic oxidation sites excluding steroid dienone is 18. The van der Waals surface area contributed by atoms with Crippen LogP contribution < -0.4 is 0 Å². The van der Waals surface area contributed by atoms with Gasteiger partial charge in [0.15, 0.2) is 6.10 Å². The van der Waals surface area contributed by atoms with Gasteiger partial charge in [-0.2, -0.15) is 0 Å². The third kappa shape index (κ3) is 57.0. The number of carbonyl (C=O) groups excluding carboxylic acids is 3. The van der Waals surface area contributed by atoms with E-state index < -0.39 is 6.10 Å². The van der Waals surface area contributed by atoms with Crippen LogP contribution in [0.5, 0.6) is 0 Å². The minimum Gasteiger partial charge on any atom is -0.462 e. The van der Waals surface area contributed by atoms with Crippen molar-refractivity contribution in [2.45, 2.75) is 277 Å². The van der Waals surface area contributed by atoms with Gasteiger partial charge in [-0.25, -0.2) is 0 Å². The molecule has 0 saturated heterocycles. The van der Waals surface area contributed by atoms with E-state index in [0.29, 0.717) is 12.8 Å². The largest absolute Gasteiger partial charge is 0.462 e. The Kier molecular flexibility index (Phi) is 56.4. The predicted molar refractivity (Wildman–Crippen MR) is 311 cm³/mol. The number of ether oxygens (including phenoxy) is 3. The van der Waals surface area contributed by atoms with Crippen molar-refractivity contribution in [2.75, 3.05) is 13.2 Å². The average Bonchev–Trinajstić information content (AvgIpc) is 3.38. The second-order valence-corrected chi connectivity index (χ2v) is 19.5. The molecule has 0 radical (unpaired) electrons. The number of unbranched alkanes of at least 4 members (excludes halogenated alkanes) is 24. The molecule has 0 aliphatic rings. The number of esters is 3. The van der Waals surface area contributed by atoms with E-state index in [2.05, 4.69) is 130 Å². The zero-order valence-electron chi connectivity index (χ0n) is 46.9. The molecule has 0 aliphatic heterocycles. The van der Waals surface area contributed by atoms with Gasteiger partial charge in [-0.05, 0) is 122 Å². The van der Waals surface area contributed by atoms with Crippen LogP contribution in [-0.2, 0) is 28.6 Å². The van der Waals surface area contributed by atoms with E-state index in [1.807, 2.05) is 0 Å². The molecule has 0 aromatic heterocycles. The van der Waals surface area contributed by atoms with Crippen LogP contribution in [-0.4, -0.2) is 37.2 Å². The molecular formula is C66H110O6. The number of rotatable bonds is 53. The molecule has 6 heteroatoms. The number of hydrogen-bond donors (Lipinski definition) is 0. The highest BCUT2D eigenvalue weighted by molar-refractivity contribution is 5.71. The van der Waals surface area contributed by atoms with Gasteiger partial charge in [0.25, 0.3) is 0 Å². The van der Waals surface area contributed by atoms with Gasteiger partial charge in [0.05, 0.1) is 0 Å². The minimum absolute atomic E-state index is 0.0931. The van der Waals surface area contributed by atoms with Crippen LogP contribution >= 0.6 is 0 Å². The summed E-state index contributed by atoms with van der Waals surface area (Å²) in [7, 11) is 0. The summed E-state index contributed by atoms with van der Waals surface area (Å²) in [5, 5.41) is 0. The van der Waals surface area contributed by atoms with Gasteiger partial charge >= 0.3 is 17.9 Å². The normalized spacial score (nSPS) is 12.9. The summed E-state index contributed by atoms with van der Waals surface area (Å²) >= 11 is 0. The van der Waals surface area contributed by atoms with E-state index in [-0.39, 0.29) is 37.5 Å². The lowest BCUT2D eigenvalue weighted by Gasteiger charge is -2.18. The quantitative estimate of drug-likeness (QED) is 0.0261. The van der Waals surface area contributed by atoms with Gasteiger partial charge in [-0.1, -0.05) is 239 Å². The van der Waals surface area contributed by atoms with E-state index in [1.165, 1.54) is 109 Å².